The lowest BCUT2D eigenvalue weighted by Crippen LogP contribution is -2.22. The van der Waals surface area contributed by atoms with Crippen LogP contribution in [0.4, 0.5) is 4.39 Å². The SMILES string of the molecule is O=C(O)c1cc(F)ccc1OCC(O)CO. The predicted octanol–water partition coefficient (Wildman–Crippen LogP) is 0.256. The minimum Gasteiger partial charge on any atom is -0.490 e. The van der Waals surface area contributed by atoms with Gasteiger partial charge in [0.2, 0.25) is 0 Å². The third-order valence-corrected chi connectivity index (χ3v) is 1.81. The lowest BCUT2D eigenvalue weighted by molar-refractivity contribution is 0.0519. The molecule has 0 aromatic heterocycles. The molecule has 1 rings (SSSR count). The van der Waals surface area contributed by atoms with Gasteiger partial charge in [0.15, 0.2) is 0 Å². The molecule has 1 aromatic rings. The Morgan fingerprint density at radius 2 is 2.19 bits per heavy atom. The number of benzene rings is 1. The largest absolute Gasteiger partial charge is 0.490 e. The highest BCUT2D eigenvalue weighted by Crippen LogP contribution is 2.19. The van der Waals surface area contributed by atoms with Crippen LogP contribution in [0.15, 0.2) is 18.2 Å². The second kappa shape index (κ2) is 5.43. The summed E-state index contributed by atoms with van der Waals surface area (Å²) in [5.74, 6) is -2.07. The van der Waals surface area contributed by atoms with E-state index in [1.165, 1.54) is 0 Å². The van der Waals surface area contributed by atoms with E-state index in [1.54, 1.807) is 0 Å². The molecule has 0 heterocycles. The first-order valence-electron chi connectivity index (χ1n) is 4.49. The van der Waals surface area contributed by atoms with Crippen LogP contribution in [0.2, 0.25) is 0 Å². The van der Waals surface area contributed by atoms with Gasteiger partial charge in [0.25, 0.3) is 0 Å². The number of halogens is 1. The van der Waals surface area contributed by atoms with Crippen LogP contribution in [0.5, 0.6) is 5.75 Å². The van der Waals surface area contributed by atoms with E-state index >= 15 is 0 Å². The lowest BCUT2D eigenvalue weighted by Gasteiger charge is -2.11. The average molecular weight is 230 g/mol. The topological polar surface area (TPSA) is 87.0 Å². The molecular weight excluding hydrogens is 219 g/mol. The van der Waals surface area contributed by atoms with E-state index in [0.717, 1.165) is 18.2 Å². The van der Waals surface area contributed by atoms with Crippen molar-refractivity contribution in [2.24, 2.45) is 0 Å². The van der Waals surface area contributed by atoms with Crippen LogP contribution in [0.1, 0.15) is 10.4 Å². The Balaban J connectivity index is 2.82. The van der Waals surface area contributed by atoms with Crippen LogP contribution in [-0.4, -0.2) is 40.6 Å². The van der Waals surface area contributed by atoms with E-state index in [4.69, 9.17) is 20.1 Å². The van der Waals surface area contributed by atoms with Crippen molar-refractivity contribution in [1.29, 1.82) is 0 Å². The maximum Gasteiger partial charge on any atom is 0.339 e. The monoisotopic (exact) mass is 230 g/mol. The molecule has 16 heavy (non-hydrogen) atoms. The summed E-state index contributed by atoms with van der Waals surface area (Å²) in [5.41, 5.74) is -0.329. The van der Waals surface area contributed by atoms with Crippen LogP contribution < -0.4 is 4.74 Å². The molecular formula is C10H11FO5. The molecule has 1 aromatic carbocycles. The summed E-state index contributed by atoms with van der Waals surface area (Å²) in [4.78, 5) is 10.7. The predicted molar refractivity (Wildman–Crippen MR) is 51.9 cm³/mol. The van der Waals surface area contributed by atoms with E-state index in [0.29, 0.717) is 0 Å². The van der Waals surface area contributed by atoms with E-state index in [9.17, 15) is 9.18 Å². The Kier molecular flexibility index (Phi) is 4.21. The van der Waals surface area contributed by atoms with Crippen molar-refractivity contribution in [3.05, 3.63) is 29.6 Å². The van der Waals surface area contributed by atoms with E-state index in [2.05, 4.69) is 0 Å². The standard InChI is InChI=1S/C10H11FO5/c11-6-1-2-9(8(3-6)10(14)15)16-5-7(13)4-12/h1-3,7,12-13H,4-5H2,(H,14,15). The molecule has 0 fully saturated rings. The van der Waals surface area contributed by atoms with Crippen molar-refractivity contribution in [3.8, 4) is 5.75 Å². The zero-order valence-electron chi connectivity index (χ0n) is 8.26. The number of carbonyl (C=O) groups is 1. The van der Waals surface area contributed by atoms with Gasteiger partial charge >= 0.3 is 5.97 Å². The van der Waals surface area contributed by atoms with Gasteiger partial charge < -0.3 is 20.1 Å². The normalized spacial score (nSPS) is 12.2. The Morgan fingerprint density at radius 3 is 2.75 bits per heavy atom. The minimum atomic E-state index is -1.33. The van der Waals surface area contributed by atoms with Crippen LogP contribution in [0, 0.1) is 5.82 Å². The first kappa shape index (κ1) is 12.4. The second-order valence-electron chi connectivity index (χ2n) is 3.09. The molecule has 0 aliphatic rings. The Hall–Kier alpha value is -1.66. The summed E-state index contributed by atoms with van der Waals surface area (Å²) in [6.45, 7) is -0.758. The van der Waals surface area contributed by atoms with Gasteiger partial charge in [0, 0.05) is 0 Å². The molecule has 0 aliphatic heterocycles. The zero-order valence-corrected chi connectivity index (χ0v) is 8.26. The van der Waals surface area contributed by atoms with Crippen LogP contribution >= 0.6 is 0 Å². The molecule has 0 amide bonds. The van der Waals surface area contributed by atoms with E-state index < -0.39 is 24.5 Å². The number of carboxylic acids is 1. The van der Waals surface area contributed by atoms with Crippen molar-refractivity contribution >= 4 is 5.97 Å². The number of hydrogen-bond donors (Lipinski definition) is 3. The highest BCUT2D eigenvalue weighted by Gasteiger charge is 2.13. The van der Waals surface area contributed by atoms with Gasteiger partial charge in [0.05, 0.1) is 6.61 Å². The van der Waals surface area contributed by atoms with Crippen molar-refractivity contribution < 1.29 is 29.2 Å². The van der Waals surface area contributed by atoms with Crippen molar-refractivity contribution in [3.63, 3.8) is 0 Å². The van der Waals surface area contributed by atoms with Gasteiger partial charge in [-0.25, -0.2) is 9.18 Å². The second-order valence-corrected chi connectivity index (χ2v) is 3.09. The van der Waals surface area contributed by atoms with Gasteiger partial charge in [-0.3, -0.25) is 0 Å². The number of carboxylic acid groups (broad SMARTS) is 1. The third kappa shape index (κ3) is 3.18. The molecule has 6 heteroatoms. The number of hydrogen-bond acceptors (Lipinski definition) is 4. The highest BCUT2D eigenvalue weighted by molar-refractivity contribution is 5.90. The summed E-state index contributed by atoms with van der Waals surface area (Å²) in [5, 5.41) is 26.3. The van der Waals surface area contributed by atoms with Crippen molar-refractivity contribution in [1.82, 2.24) is 0 Å². The first-order valence-corrected chi connectivity index (χ1v) is 4.49. The summed E-state index contributed by atoms with van der Waals surface area (Å²) >= 11 is 0. The summed E-state index contributed by atoms with van der Waals surface area (Å²) in [6.07, 6.45) is -1.10. The molecule has 0 saturated carbocycles. The molecule has 0 aliphatic carbocycles. The zero-order chi connectivity index (χ0) is 12.1. The van der Waals surface area contributed by atoms with Gasteiger partial charge in [-0.2, -0.15) is 0 Å². The Bertz CT molecular complexity index is 379. The quantitative estimate of drug-likeness (QED) is 0.675. The maximum atomic E-state index is 12.8. The van der Waals surface area contributed by atoms with E-state index in [-0.39, 0.29) is 17.9 Å². The molecule has 0 bridgehead atoms. The first-order chi connectivity index (χ1) is 7.54. The van der Waals surface area contributed by atoms with Crippen LogP contribution in [0.25, 0.3) is 0 Å². The fourth-order valence-corrected chi connectivity index (χ4v) is 1.03. The van der Waals surface area contributed by atoms with Crippen LogP contribution in [0.3, 0.4) is 0 Å². The molecule has 3 N–H and O–H groups in total. The fourth-order valence-electron chi connectivity index (χ4n) is 1.03. The van der Waals surface area contributed by atoms with Gasteiger partial charge in [-0.1, -0.05) is 0 Å². The molecule has 5 nitrogen and oxygen atoms in total. The van der Waals surface area contributed by atoms with Crippen LogP contribution in [-0.2, 0) is 0 Å². The Morgan fingerprint density at radius 1 is 1.50 bits per heavy atom. The number of aromatic carboxylic acids is 1. The smallest absolute Gasteiger partial charge is 0.339 e. The summed E-state index contributed by atoms with van der Waals surface area (Å²) in [6, 6.07) is 3.03. The number of aliphatic hydroxyl groups excluding tert-OH is 2. The van der Waals surface area contributed by atoms with E-state index in [1.807, 2.05) is 0 Å². The Labute approximate surface area is 90.7 Å². The minimum absolute atomic E-state index is 0.0543. The molecule has 0 radical (unpaired) electrons. The number of aliphatic hydroxyl groups is 2. The molecule has 0 saturated heterocycles. The third-order valence-electron chi connectivity index (χ3n) is 1.81. The van der Waals surface area contributed by atoms with Crippen molar-refractivity contribution in [2.45, 2.75) is 6.10 Å². The van der Waals surface area contributed by atoms with Gasteiger partial charge in [-0.05, 0) is 18.2 Å². The number of rotatable bonds is 5. The summed E-state index contributed by atoms with van der Waals surface area (Å²) < 4.78 is 17.7. The summed E-state index contributed by atoms with van der Waals surface area (Å²) in [7, 11) is 0. The average Bonchev–Trinajstić information content (AvgIpc) is 2.26. The van der Waals surface area contributed by atoms with Gasteiger partial charge in [-0.15, -0.1) is 0 Å². The lowest BCUT2D eigenvalue weighted by atomic mass is 10.2. The highest BCUT2D eigenvalue weighted by atomic mass is 19.1. The van der Waals surface area contributed by atoms with Crippen molar-refractivity contribution in [2.75, 3.05) is 13.2 Å². The molecule has 0 spiro atoms. The fraction of sp³-hybridized carbons (Fsp3) is 0.300. The molecule has 88 valence electrons. The molecule has 1 atom stereocenters. The molecule has 1 unspecified atom stereocenters. The maximum absolute atomic E-state index is 12.8. The number of ether oxygens (including phenoxy) is 1. The van der Waals surface area contributed by atoms with Gasteiger partial charge in [0.1, 0.15) is 29.8 Å².